The molecule has 2 rings (SSSR count). The Bertz CT molecular complexity index is 1120. The molecule has 0 radical (unpaired) electrons. The van der Waals surface area contributed by atoms with Crippen molar-refractivity contribution in [2.75, 3.05) is 30.8 Å². The topological polar surface area (TPSA) is 96.0 Å². The van der Waals surface area contributed by atoms with Crippen LogP contribution in [0.1, 0.15) is 39.2 Å². The van der Waals surface area contributed by atoms with Gasteiger partial charge in [0.15, 0.2) is 0 Å². The van der Waals surface area contributed by atoms with Crippen LogP contribution in [-0.2, 0) is 26.2 Å². The van der Waals surface area contributed by atoms with Gasteiger partial charge in [0.25, 0.3) is 0 Å². The van der Waals surface area contributed by atoms with E-state index in [4.69, 9.17) is 4.74 Å². The molecule has 8 nitrogen and oxygen atoms in total. The first-order chi connectivity index (χ1) is 16.9. The highest BCUT2D eigenvalue weighted by molar-refractivity contribution is 7.92. The highest BCUT2D eigenvalue weighted by atomic mass is 32.2. The molecule has 2 aromatic rings. The molecule has 0 aromatic heterocycles. The first kappa shape index (κ1) is 29.1. The lowest BCUT2D eigenvalue weighted by molar-refractivity contribution is -0.140. The van der Waals surface area contributed by atoms with Crippen molar-refractivity contribution in [1.29, 1.82) is 0 Å². The lowest BCUT2D eigenvalue weighted by atomic mass is 10.1. The number of amides is 2. The van der Waals surface area contributed by atoms with Crippen molar-refractivity contribution in [2.45, 2.75) is 46.2 Å². The van der Waals surface area contributed by atoms with Crippen LogP contribution >= 0.6 is 0 Å². The van der Waals surface area contributed by atoms with E-state index in [0.29, 0.717) is 18.0 Å². The number of anilines is 1. The van der Waals surface area contributed by atoms with Crippen LogP contribution in [0.25, 0.3) is 0 Å². The maximum Gasteiger partial charge on any atom is 0.242 e. The van der Waals surface area contributed by atoms with E-state index in [1.807, 2.05) is 26.0 Å². The van der Waals surface area contributed by atoms with Gasteiger partial charge in [-0.2, -0.15) is 0 Å². The third-order valence-electron chi connectivity index (χ3n) is 5.61. The SMILES string of the molecule is COc1cccc(CN(C(=O)CCCN(c2ccc(F)cc2)S(C)(=O)=O)[C@H](C)C(=O)NCC(C)C)c1. The number of methoxy groups -OCH3 is 1. The van der Waals surface area contributed by atoms with E-state index in [2.05, 4.69) is 5.32 Å². The van der Waals surface area contributed by atoms with Crippen LogP contribution in [-0.4, -0.2) is 57.6 Å². The fourth-order valence-corrected chi connectivity index (χ4v) is 4.58. The van der Waals surface area contributed by atoms with Crippen molar-refractivity contribution < 1.29 is 27.1 Å². The zero-order chi connectivity index (χ0) is 26.9. The van der Waals surface area contributed by atoms with Crippen molar-refractivity contribution >= 4 is 27.5 Å². The lowest BCUT2D eigenvalue weighted by Gasteiger charge is -2.29. The van der Waals surface area contributed by atoms with Crippen molar-refractivity contribution in [3.63, 3.8) is 0 Å². The maximum absolute atomic E-state index is 13.3. The highest BCUT2D eigenvalue weighted by Crippen LogP contribution is 2.20. The summed E-state index contributed by atoms with van der Waals surface area (Å²) in [5.74, 6) is -0.112. The number of ether oxygens (including phenoxy) is 1. The lowest BCUT2D eigenvalue weighted by Crippen LogP contribution is -2.48. The highest BCUT2D eigenvalue weighted by Gasteiger charge is 2.27. The zero-order valence-electron chi connectivity index (χ0n) is 21.5. The first-order valence-corrected chi connectivity index (χ1v) is 13.7. The summed E-state index contributed by atoms with van der Waals surface area (Å²) in [6.07, 6.45) is 1.31. The van der Waals surface area contributed by atoms with Crippen LogP contribution < -0.4 is 14.4 Å². The van der Waals surface area contributed by atoms with E-state index < -0.39 is 21.9 Å². The molecule has 36 heavy (non-hydrogen) atoms. The molecule has 0 fully saturated rings. The molecule has 0 bridgehead atoms. The number of carbonyl (C=O) groups excluding carboxylic acids is 2. The summed E-state index contributed by atoms with van der Waals surface area (Å²) in [6.45, 7) is 6.37. The number of sulfonamides is 1. The van der Waals surface area contributed by atoms with E-state index in [1.165, 1.54) is 29.2 Å². The van der Waals surface area contributed by atoms with Crippen molar-refractivity contribution in [1.82, 2.24) is 10.2 Å². The quantitative estimate of drug-likeness (QED) is 0.435. The molecule has 1 N–H and O–H groups in total. The van der Waals surface area contributed by atoms with Gasteiger partial charge in [-0.25, -0.2) is 12.8 Å². The van der Waals surface area contributed by atoms with Crippen molar-refractivity contribution in [3.8, 4) is 5.75 Å². The van der Waals surface area contributed by atoms with Crippen LogP contribution in [0.4, 0.5) is 10.1 Å². The molecule has 0 aliphatic heterocycles. The minimum Gasteiger partial charge on any atom is -0.497 e. The van der Waals surface area contributed by atoms with Gasteiger partial charge >= 0.3 is 0 Å². The minimum atomic E-state index is -3.64. The normalized spacial score (nSPS) is 12.2. The van der Waals surface area contributed by atoms with Gasteiger partial charge in [0, 0.05) is 26.1 Å². The number of nitrogens with one attached hydrogen (secondary N) is 1. The average Bonchev–Trinajstić information content (AvgIpc) is 2.83. The molecule has 0 heterocycles. The van der Waals surface area contributed by atoms with Gasteiger partial charge in [0.2, 0.25) is 21.8 Å². The van der Waals surface area contributed by atoms with Gasteiger partial charge in [-0.05, 0) is 61.2 Å². The fourth-order valence-electron chi connectivity index (χ4n) is 3.61. The number of hydrogen-bond acceptors (Lipinski definition) is 5. The summed E-state index contributed by atoms with van der Waals surface area (Å²) < 4.78 is 44.4. The number of benzene rings is 2. The Hall–Kier alpha value is -3.14. The fraction of sp³-hybridized carbons (Fsp3) is 0.462. The average molecular weight is 522 g/mol. The molecule has 0 aliphatic rings. The summed E-state index contributed by atoms with van der Waals surface area (Å²) in [4.78, 5) is 27.6. The minimum absolute atomic E-state index is 0.0268. The molecule has 2 aromatic carbocycles. The Labute approximate surface area is 213 Å². The second kappa shape index (κ2) is 13.2. The van der Waals surface area contributed by atoms with Crippen LogP contribution in [0.5, 0.6) is 5.75 Å². The van der Waals surface area contributed by atoms with Gasteiger partial charge in [-0.15, -0.1) is 0 Å². The van der Waals surface area contributed by atoms with Crippen LogP contribution in [0.15, 0.2) is 48.5 Å². The molecule has 1 atom stereocenters. The van der Waals surface area contributed by atoms with Gasteiger partial charge < -0.3 is 15.0 Å². The summed E-state index contributed by atoms with van der Waals surface area (Å²) in [7, 11) is -2.09. The Morgan fingerprint density at radius 2 is 1.75 bits per heavy atom. The molecule has 198 valence electrons. The van der Waals surface area contributed by atoms with Crippen LogP contribution in [0.3, 0.4) is 0 Å². The summed E-state index contributed by atoms with van der Waals surface area (Å²) in [5, 5.41) is 2.87. The standard InChI is InChI=1S/C26H36FN3O5S/c1-19(2)17-28-26(32)20(3)29(18-21-8-6-9-24(16-21)35-4)25(31)10-7-15-30(36(5,33)34)23-13-11-22(27)12-14-23/h6,8-9,11-14,16,19-20H,7,10,15,17-18H2,1-5H3,(H,28,32)/t20-/m1/s1. The van der Waals surface area contributed by atoms with E-state index in [0.717, 1.165) is 16.1 Å². The summed E-state index contributed by atoms with van der Waals surface area (Å²) >= 11 is 0. The number of rotatable bonds is 13. The van der Waals surface area contributed by atoms with E-state index in [9.17, 15) is 22.4 Å². The van der Waals surface area contributed by atoms with E-state index in [1.54, 1.807) is 26.2 Å². The summed E-state index contributed by atoms with van der Waals surface area (Å²) in [6, 6.07) is 11.7. The van der Waals surface area contributed by atoms with Gasteiger partial charge in [-0.1, -0.05) is 26.0 Å². The van der Waals surface area contributed by atoms with Gasteiger partial charge in [0.05, 0.1) is 19.1 Å². The second-order valence-corrected chi connectivity index (χ2v) is 11.0. The molecule has 0 saturated heterocycles. The van der Waals surface area contributed by atoms with Gasteiger partial charge in [0.1, 0.15) is 17.6 Å². The molecule has 2 amide bonds. The number of carbonyl (C=O) groups is 2. The first-order valence-electron chi connectivity index (χ1n) is 11.9. The Kier molecular flexibility index (Phi) is 10.7. The third kappa shape index (κ3) is 8.82. The van der Waals surface area contributed by atoms with Crippen LogP contribution in [0.2, 0.25) is 0 Å². The third-order valence-corrected chi connectivity index (χ3v) is 6.80. The van der Waals surface area contributed by atoms with E-state index in [-0.39, 0.29) is 43.7 Å². The number of halogens is 1. The smallest absolute Gasteiger partial charge is 0.242 e. The molecule has 10 heteroatoms. The molecule has 0 unspecified atom stereocenters. The van der Waals surface area contributed by atoms with Crippen LogP contribution in [0, 0.1) is 11.7 Å². The Balaban J connectivity index is 2.17. The summed E-state index contributed by atoms with van der Waals surface area (Å²) in [5.41, 5.74) is 1.12. The van der Waals surface area contributed by atoms with Crippen molar-refractivity contribution in [2.24, 2.45) is 5.92 Å². The Morgan fingerprint density at radius 1 is 1.08 bits per heavy atom. The predicted molar refractivity (Wildman–Crippen MR) is 139 cm³/mol. The Morgan fingerprint density at radius 3 is 2.33 bits per heavy atom. The number of hydrogen-bond donors (Lipinski definition) is 1. The number of nitrogens with zero attached hydrogens (tertiary/aromatic N) is 2. The monoisotopic (exact) mass is 521 g/mol. The molecule has 0 aliphatic carbocycles. The maximum atomic E-state index is 13.3. The predicted octanol–water partition coefficient (Wildman–Crippen LogP) is 3.57. The second-order valence-electron chi connectivity index (χ2n) is 9.10. The van der Waals surface area contributed by atoms with Crippen molar-refractivity contribution in [3.05, 3.63) is 59.9 Å². The van der Waals surface area contributed by atoms with Gasteiger partial charge in [-0.3, -0.25) is 13.9 Å². The largest absolute Gasteiger partial charge is 0.497 e. The molecule has 0 saturated carbocycles. The van der Waals surface area contributed by atoms with E-state index >= 15 is 0 Å². The zero-order valence-corrected chi connectivity index (χ0v) is 22.3. The molecular formula is C26H36FN3O5S. The molecule has 0 spiro atoms. The molecular weight excluding hydrogens is 485 g/mol.